The number of nitrogens with one attached hydrogen (secondary N) is 1. The standard InChI is InChI=1S/C27H30N6O2/c1-32-12-11-22(31-32)20-9-7-18(8-10-20)13-19-14-24(21-16-28-33(2)17-21)29-25(15-19)27(35)30-23-5-3-4-6-26(23)34/h7-12,14-17,23,26,34H,3-6,13H2,1-2H3,(H,30,35)/t23-,26-/m0/s1. The summed E-state index contributed by atoms with van der Waals surface area (Å²) in [6.45, 7) is 0. The molecule has 35 heavy (non-hydrogen) atoms. The van der Waals surface area contributed by atoms with Gasteiger partial charge in [-0.3, -0.25) is 14.2 Å². The van der Waals surface area contributed by atoms with Crippen LogP contribution in [0.3, 0.4) is 0 Å². The molecule has 5 rings (SSSR count). The van der Waals surface area contributed by atoms with Gasteiger partial charge >= 0.3 is 0 Å². The zero-order valence-corrected chi connectivity index (χ0v) is 20.1. The highest BCUT2D eigenvalue weighted by Crippen LogP contribution is 2.24. The number of carbonyl (C=O) groups excluding carboxylic acids is 1. The van der Waals surface area contributed by atoms with Gasteiger partial charge in [0.1, 0.15) is 5.69 Å². The molecule has 8 nitrogen and oxygen atoms in total. The molecule has 1 aliphatic rings. The summed E-state index contributed by atoms with van der Waals surface area (Å²) in [5.74, 6) is -0.256. The molecule has 1 saturated carbocycles. The van der Waals surface area contributed by atoms with Crippen molar-refractivity contribution in [2.24, 2.45) is 14.1 Å². The zero-order valence-electron chi connectivity index (χ0n) is 20.1. The van der Waals surface area contributed by atoms with E-state index in [9.17, 15) is 9.90 Å². The number of hydrogen-bond donors (Lipinski definition) is 2. The van der Waals surface area contributed by atoms with Gasteiger partial charge in [-0.1, -0.05) is 37.1 Å². The number of pyridine rings is 1. The Bertz CT molecular complexity index is 1320. The van der Waals surface area contributed by atoms with Gasteiger partial charge in [0.15, 0.2) is 0 Å². The molecule has 0 aliphatic heterocycles. The second kappa shape index (κ2) is 9.84. The lowest BCUT2D eigenvalue weighted by molar-refractivity contribution is 0.0714. The third-order valence-corrected chi connectivity index (χ3v) is 6.54. The van der Waals surface area contributed by atoms with Crippen molar-refractivity contribution in [3.8, 4) is 22.5 Å². The summed E-state index contributed by atoms with van der Waals surface area (Å²) in [4.78, 5) is 17.8. The van der Waals surface area contributed by atoms with Crippen LogP contribution in [0.5, 0.6) is 0 Å². The molecule has 0 radical (unpaired) electrons. The summed E-state index contributed by atoms with van der Waals surface area (Å²) in [5.41, 5.74) is 6.02. The molecule has 3 aromatic heterocycles. The van der Waals surface area contributed by atoms with Gasteiger partial charge in [-0.05, 0) is 48.6 Å². The van der Waals surface area contributed by atoms with Gasteiger partial charge in [-0.15, -0.1) is 0 Å². The number of amides is 1. The summed E-state index contributed by atoms with van der Waals surface area (Å²) >= 11 is 0. The van der Waals surface area contributed by atoms with Crippen molar-refractivity contribution in [2.45, 2.75) is 44.2 Å². The molecule has 8 heteroatoms. The van der Waals surface area contributed by atoms with Gasteiger partial charge in [-0.25, -0.2) is 4.98 Å². The Morgan fingerprint density at radius 2 is 1.80 bits per heavy atom. The maximum absolute atomic E-state index is 13.1. The van der Waals surface area contributed by atoms with Crippen LogP contribution in [0.15, 0.2) is 61.1 Å². The fourth-order valence-corrected chi connectivity index (χ4v) is 4.63. The molecule has 3 heterocycles. The average molecular weight is 471 g/mol. The summed E-state index contributed by atoms with van der Waals surface area (Å²) in [6.07, 6.45) is 9.21. The number of aliphatic hydroxyl groups is 1. The SMILES string of the molecule is Cn1cc(-c2cc(Cc3ccc(-c4ccn(C)n4)cc3)cc(C(=O)N[C@H]3CCCC[C@@H]3O)n2)cn1. The summed E-state index contributed by atoms with van der Waals surface area (Å²) in [5, 5.41) is 22.0. The van der Waals surface area contributed by atoms with Crippen LogP contribution in [0.4, 0.5) is 0 Å². The molecular formula is C27H30N6O2. The number of rotatable bonds is 6. The van der Waals surface area contributed by atoms with Crippen molar-refractivity contribution in [2.75, 3.05) is 0 Å². The highest BCUT2D eigenvalue weighted by atomic mass is 16.3. The number of aromatic nitrogens is 5. The van der Waals surface area contributed by atoms with Gasteiger partial charge in [-0.2, -0.15) is 10.2 Å². The molecule has 1 fully saturated rings. The molecule has 0 saturated heterocycles. The third kappa shape index (κ3) is 5.33. The van der Waals surface area contributed by atoms with E-state index in [1.54, 1.807) is 15.6 Å². The molecule has 4 aromatic rings. The van der Waals surface area contributed by atoms with Crippen molar-refractivity contribution in [3.63, 3.8) is 0 Å². The summed E-state index contributed by atoms with van der Waals surface area (Å²) in [6, 6.07) is 13.9. The number of aliphatic hydroxyl groups excluding tert-OH is 1. The molecule has 1 aliphatic carbocycles. The average Bonchev–Trinajstić information content (AvgIpc) is 3.49. The minimum absolute atomic E-state index is 0.234. The minimum Gasteiger partial charge on any atom is -0.391 e. The fourth-order valence-electron chi connectivity index (χ4n) is 4.63. The van der Waals surface area contributed by atoms with Gasteiger partial charge in [0.05, 0.1) is 29.7 Å². The number of benzene rings is 1. The first-order valence-electron chi connectivity index (χ1n) is 12.0. The normalized spacial score (nSPS) is 17.9. The predicted octanol–water partition coefficient (Wildman–Crippen LogP) is 3.51. The van der Waals surface area contributed by atoms with Crippen LogP contribution in [0.25, 0.3) is 22.5 Å². The number of nitrogens with zero attached hydrogens (tertiary/aromatic N) is 5. The van der Waals surface area contributed by atoms with Crippen molar-refractivity contribution in [1.82, 2.24) is 29.9 Å². The van der Waals surface area contributed by atoms with Crippen LogP contribution in [-0.2, 0) is 20.5 Å². The lowest BCUT2D eigenvalue weighted by Gasteiger charge is -2.28. The highest BCUT2D eigenvalue weighted by Gasteiger charge is 2.25. The second-order valence-corrected chi connectivity index (χ2v) is 9.33. The maximum Gasteiger partial charge on any atom is 0.270 e. The van der Waals surface area contributed by atoms with E-state index < -0.39 is 6.10 Å². The summed E-state index contributed by atoms with van der Waals surface area (Å²) < 4.78 is 3.51. The van der Waals surface area contributed by atoms with E-state index >= 15 is 0 Å². The van der Waals surface area contributed by atoms with Crippen LogP contribution in [-0.4, -0.2) is 47.7 Å². The van der Waals surface area contributed by atoms with E-state index in [0.29, 0.717) is 24.2 Å². The summed E-state index contributed by atoms with van der Waals surface area (Å²) in [7, 11) is 3.76. The fraction of sp³-hybridized carbons (Fsp3) is 0.333. The molecule has 0 bridgehead atoms. The van der Waals surface area contributed by atoms with Crippen molar-refractivity contribution >= 4 is 5.91 Å². The number of carbonyl (C=O) groups is 1. The molecule has 1 amide bonds. The number of hydrogen-bond acceptors (Lipinski definition) is 5. The van der Waals surface area contributed by atoms with E-state index in [2.05, 4.69) is 44.8 Å². The minimum atomic E-state index is -0.508. The molecular weight excluding hydrogens is 440 g/mol. The Hall–Kier alpha value is -3.78. The van der Waals surface area contributed by atoms with Gasteiger partial charge in [0, 0.05) is 37.6 Å². The van der Waals surface area contributed by atoms with Gasteiger partial charge in [0.2, 0.25) is 0 Å². The van der Waals surface area contributed by atoms with E-state index in [1.807, 2.05) is 44.7 Å². The predicted molar refractivity (Wildman–Crippen MR) is 134 cm³/mol. The molecule has 180 valence electrons. The lowest BCUT2D eigenvalue weighted by Crippen LogP contribution is -2.45. The Balaban J connectivity index is 1.41. The topological polar surface area (TPSA) is 97.9 Å². The van der Waals surface area contributed by atoms with Gasteiger partial charge in [0.25, 0.3) is 5.91 Å². The van der Waals surface area contributed by atoms with Crippen LogP contribution in [0, 0.1) is 0 Å². The smallest absolute Gasteiger partial charge is 0.270 e. The Kier molecular flexibility index (Phi) is 6.46. The Labute approximate surface area is 204 Å². The number of aryl methyl sites for hydroxylation is 2. The van der Waals surface area contributed by atoms with Crippen molar-refractivity contribution < 1.29 is 9.90 Å². The first-order valence-corrected chi connectivity index (χ1v) is 12.0. The van der Waals surface area contributed by atoms with Gasteiger partial charge < -0.3 is 10.4 Å². The first-order chi connectivity index (χ1) is 16.9. The highest BCUT2D eigenvalue weighted by molar-refractivity contribution is 5.93. The molecule has 0 unspecified atom stereocenters. The molecule has 2 N–H and O–H groups in total. The van der Waals surface area contributed by atoms with Crippen molar-refractivity contribution in [3.05, 3.63) is 77.9 Å². The lowest BCUT2D eigenvalue weighted by atomic mass is 9.92. The third-order valence-electron chi connectivity index (χ3n) is 6.54. The van der Waals surface area contributed by atoms with Crippen LogP contribution < -0.4 is 5.32 Å². The van der Waals surface area contributed by atoms with E-state index in [0.717, 1.165) is 47.2 Å². The molecule has 2 atom stereocenters. The van der Waals surface area contributed by atoms with E-state index in [4.69, 9.17) is 0 Å². The quantitative estimate of drug-likeness (QED) is 0.449. The van der Waals surface area contributed by atoms with Crippen molar-refractivity contribution in [1.29, 1.82) is 0 Å². The van der Waals surface area contributed by atoms with E-state index in [1.165, 1.54) is 0 Å². The molecule has 0 spiro atoms. The monoisotopic (exact) mass is 470 g/mol. The first kappa shape index (κ1) is 23.0. The second-order valence-electron chi connectivity index (χ2n) is 9.33. The Morgan fingerprint density at radius 1 is 1.00 bits per heavy atom. The van der Waals surface area contributed by atoms with E-state index in [-0.39, 0.29) is 11.9 Å². The Morgan fingerprint density at radius 3 is 2.49 bits per heavy atom. The largest absolute Gasteiger partial charge is 0.391 e. The zero-order chi connectivity index (χ0) is 24.4. The van der Waals surface area contributed by atoms with Crippen LogP contribution in [0.2, 0.25) is 0 Å². The molecule has 1 aromatic carbocycles. The maximum atomic E-state index is 13.1. The van der Waals surface area contributed by atoms with Crippen LogP contribution >= 0.6 is 0 Å². The van der Waals surface area contributed by atoms with Crippen LogP contribution in [0.1, 0.15) is 47.3 Å².